The third kappa shape index (κ3) is 1.95. The van der Waals surface area contributed by atoms with E-state index in [0.717, 1.165) is 31.9 Å². The Morgan fingerprint density at radius 2 is 2.00 bits per heavy atom. The largest absolute Gasteiger partial charge is 0.370 e. The first-order valence-electron chi connectivity index (χ1n) is 6.20. The number of benzene rings is 1. The van der Waals surface area contributed by atoms with Gasteiger partial charge in [-0.25, -0.2) is 0 Å². The second-order valence-corrected chi connectivity index (χ2v) is 5.55. The Labute approximate surface area is 111 Å². The lowest BCUT2D eigenvalue weighted by molar-refractivity contribution is 0.100. The molecule has 18 heavy (non-hydrogen) atoms. The first kappa shape index (κ1) is 11.8. The van der Waals surface area contributed by atoms with Gasteiger partial charge in [0.2, 0.25) is 0 Å². The van der Waals surface area contributed by atoms with E-state index in [1.54, 1.807) is 12.1 Å². The maximum atomic E-state index is 11.5. The lowest BCUT2D eigenvalue weighted by Gasteiger charge is -2.22. The quantitative estimate of drug-likeness (QED) is 0.842. The van der Waals surface area contributed by atoms with Gasteiger partial charge in [0.1, 0.15) is 0 Å². The molecular weight excluding hydrogens is 250 g/mol. The van der Waals surface area contributed by atoms with Gasteiger partial charge in [0.25, 0.3) is 5.91 Å². The molecule has 2 aliphatic heterocycles. The molecule has 2 aliphatic rings. The van der Waals surface area contributed by atoms with E-state index in [4.69, 9.17) is 17.3 Å². The number of nitrogens with zero attached hydrogens (tertiary/aromatic N) is 1. The summed E-state index contributed by atoms with van der Waals surface area (Å²) in [4.78, 5) is 13.7. The third-order valence-electron chi connectivity index (χ3n) is 3.96. The fraction of sp³-hybridized carbons (Fsp3) is 0.462. The van der Waals surface area contributed by atoms with E-state index < -0.39 is 5.91 Å². The molecule has 96 valence electrons. The van der Waals surface area contributed by atoms with Gasteiger partial charge in [-0.15, -0.1) is 0 Å². The lowest BCUT2D eigenvalue weighted by Crippen LogP contribution is -2.27. The van der Waals surface area contributed by atoms with Crippen molar-refractivity contribution in [2.24, 2.45) is 17.6 Å². The standard InChI is InChI=1S/C13H16ClN3O/c14-10-1-2-11(13(15)18)12(3-10)17-6-8-4-16-5-9(8)7-17/h1-3,8-9,16H,4-7H2,(H2,15,18). The number of hydrogen-bond acceptors (Lipinski definition) is 3. The summed E-state index contributed by atoms with van der Waals surface area (Å²) in [5.41, 5.74) is 6.87. The van der Waals surface area contributed by atoms with Crippen LogP contribution in [0.1, 0.15) is 10.4 Å². The Kier molecular flexibility index (Phi) is 2.92. The molecule has 0 aromatic heterocycles. The molecule has 1 amide bonds. The van der Waals surface area contributed by atoms with Crippen molar-refractivity contribution in [1.29, 1.82) is 0 Å². The Morgan fingerprint density at radius 1 is 1.33 bits per heavy atom. The minimum atomic E-state index is -0.392. The van der Waals surface area contributed by atoms with Crippen LogP contribution in [0.2, 0.25) is 5.02 Å². The molecule has 1 aromatic carbocycles. The van der Waals surface area contributed by atoms with Crippen LogP contribution in [0.25, 0.3) is 0 Å². The van der Waals surface area contributed by atoms with E-state index in [-0.39, 0.29) is 0 Å². The molecular formula is C13H16ClN3O. The Hall–Kier alpha value is -1.26. The van der Waals surface area contributed by atoms with Crippen molar-refractivity contribution in [3.05, 3.63) is 28.8 Å². The van der Waals surface area contributed by atoms with E-state index in [9.17, 15) is 4.79 Å². The zero-order valence-corrected chi connectivity index (χ0v) is 10.8. The van der Waals surface area contributed by atoms with Crippen molar-refractivity contribution in [3.8, 4) is 0 Å². The number of fused-ring (bicyclic) bond motifs is 1. The highest BCUT2D eigenvalue weighted by Crippen LogP contribution is 2.33. The van der Waals surface area contributed by atoms with Gasteiger partial charge in [-0.05, 0) is 30.0 Å². The van der Waals surface area contributed by atoms with Gasteiger partial charge in [-0.2, -0.15) is 0 Å². The molecule has 1 aromatic rings. The fourth-order valence-electron chi connectivity index (χ4n) is 3.03. The van der Waals surface area contributed by atoms with E-state index >= 15 is 0 Å². The highest BCUT2D eigenvalue weighted by molar-refractivity contribution is 6.31. The molecule has 3 rings (SSSR count). The number of nitrogens with two attached hydrogens (primary N) is 1. The number of hydrogen-bond donors (Lipinski definition) is 2. The van der Waals surface area contributed by atoms with E-state index in [2.05, 4.69) is 10.2 Å². The average molecular weight is 266 g/mol. The van der Waals surface area contributed by atoms with Crippen LogP contribution < -0.4 is 16.0 Å². The Bertz CT molecular complexity index is 479. The predicted molar refractivity (Wildman–Crippen MR) is 72.0 cm³/mol. The summed E-state index contributed by atoms with van der Waals surface area (Å²) in [6, 6.07) is 5.27. The fourth-order valence-corrected chi connectivity index (χ4v) is 3.19. The van der Waals surface area contributed by atoms with Gasteiger partial charge in [0.05, 0.1) is 11.3 Å². The van der Waals surface area contributed by atoms with Crippen molar-refractivity contribution in [3.63, 3.8) is 0 Å². The van der Waals surface area contributed by atoms with Crippen LogP contribution in [-0.4, -0.2) is 32.1 Å². The van der Waals surface area contributed by atoms with Crippen molar-refractivity contribution >= 4 is 23.2 Å². The normalized spacial score (nSPS) is 26.4. The van der Waals surface area contributed by atoms with Crippen molar-refractivity contribution in [1.82, 2.24) is 5.32 Å². The maximum Gasteiger partial charge on any atom is 0.250 e. The molecule has 0 saturated carbocycles. The summed E-state index contributed by atoms with van der Waals surface area (Å²) in [5, 5.41) is 4.04. The molecule has 2 fully saturated rings. The number of anilines is 1. The summed E-state index contributed by atoms with van der Waals surface area (Å²) in [6.45, 7) is 4.07. The second kappa shape index (κ2) is 4.44. The zero-order valence-electron chi connectivity index (χ0n) is 10.0. The van der Waals surface area contributed by atoms with Gasteiger partial charge in [0, 0.05) is 31.2 Å². The van der Waals surface area contributed by atoms with Crippen LogP contribution >= 0.6 is 11.6 Å². The van der Waals surface area contributed by atoms with Crippen molar-refractivity contribution < 1.29 is 4.79 Å². The lowest BCUT2D eigenvalue weighted by atomic mass is 10.0. The molecule has 5 heteroatoms. The van der Waals surface area contributed by atoms with Crippen molar-refractivity contribution in [2.45, 2.75) is 0 Å². The second-order valence-electron chi connectivity index (χ2n) is 5.11. The van der Waals surface area contributed by atoms with Gasteiger partial charge in [-0.3, -0.25) is 4.79 Å². The monoisotopic (exact) mass is 265 g/mol. The highest BCUT2D eigenvalue weighted by Gasteiger charge is 2.37. The number of amides is 1. The Balaban J connectivity index is 1.92. The summed E-state index contributed by atoms with van der Waals surface area (Å²) in [7, 11) is 0. The summed E-state index contributed by atoms with van der Waals surface area (Å²) in [5.74, 6) is 0.950. The molecule has 0 radical (unpaired) electrons. The highest BCUT2D eigenvalue weighted by atomic mass is 35.5. The molecule has 2 atom stereocenters. The van der Waals surface area contributed by atoms with Gasteiger partial charge in [0.15, 0.2) is 0 Å². The maximum absolute atomic E-state index is 11.5. The van der Waals surface area contributed by atoms with Crippen LogP contribution in [-0.2, 0) is 0 Å². The van der Waals surface area contributed by atoms with Gasteiger partial charge < -0.3 is 16.0 Å². The molecule has 3 N–H and O–H groups in total. The smallest absolute Gasteiger partial charge is 0.250 e. The summed E-state index contributed by atoms with van der Waals surface area (Å²) < 4.78 is 0. The third-order valence-corrected chi connectivity index (χ3v) is 4.19. The van der Waals surface area contributed by atoms with E-state index in [0.29, 0.717) is 22.4 Å². The Morgan fingerprint density at radius 3 is 2.61 bits per heavy atom. The summed E-state index contributed by atoms with van der Waals surface area (Å²) in [6.07, 6.45) is 0. The number of halogens is 1. The van der Waals surface area contributed by atoms with E-state index in [1.165, 1.54) is 0 Å². The summed E-state index contributed by atoms with van der Waals surface area (Å²) >= 11 is 6.03. The minimum absolute atomic E-state index is 0.392. The topological polar surface area (TPSA) is 58.4 Å². The van der Waals surface area contributed by atoms with Gasteiger partial charge >= 0.3 is 0 Å². The van der Waals surface area contributed by atoms with Crippen LogP contribution in [0.4, 0.5) is 5.69 Å². The number of nitrogens with one attached hydrogen (secondary N) is 1. The molecule has 2 heterocycles. The number of carbonyl (C=O) groups is 1. The molecule has 0 aliphatic carbocycles. The predicted octanol–water partition coefficient (Wildman–Crippen LogP) is 1.09. The van der Waals surface area contributed by atoms with Crippen LogP contribution in [0.15, 0.2) is 18.2 Å². The van der Waals surface area contributed by atoms with E-state index in [1.807, 2.05) is 6.07 Å². The number of carbonyl (C=O) groups excluding carboxylic acids is 1. The molecule has 4 nitrogen and oxygen atoms in total. The molecule has 0 spiro atoms. The minimum Gasteiger partial charge on any atom is -0.370 e. The van der Waals surface area contributed by atoms with Crippen LogP contribution in [0.5, 0.6) is 0 Å². The molecule has 2 unspecified atom stereocenters. The van der Waals surface area contributed by atoms with Crippen LogP contribution in [0.3, 0.4) is 0 Å². The first-order valence-corrected chi connectivity index (χ1v) is 6.58. The number of primary amides is 1. The molecule has 2 saturated heterocycles. The van der Waals surface area contributed by atoms with Crippen molar-refractivity contribution in [2.75, 3.05) is 31.1 Å². The average Bonchev–Trinajstić information content (AvgIpc) is 2.88. The molecule has 0 bridgehead atoms. The zero-order chi connectivity index (χ0) is 12.7. The first-order chi connectivity index (χ1) is 8.65. The number of rotatable bonds is 2. The van der Waals surface area contributed by atoms with Crippen LogP contribution in [0, 0.1) is 11.8 Å². The SMILES string of the molecule is NC(=O)c1ccc(Cl)cc1N1CC2CNCC2C1. The van der Waals surface area contributed by atoms with Gasteiger partial charge in [-0.1, -0.05) is 11.6 Å².